The molecule has 0 unspecified atom stereocenters. The highest BCUT2D eigenvalue weighted by molar-refractivity contribution is 5.79. The summed E-state index contributed by atoms with van der Waals surface area (Å²) in [6, 6.07) is 0. The van der Waals surface area contributed by atoms with Gasteiger partial charge in [0, 0.05) is 12.8 Å². The molecule has 15 heavy (non-hydrogen) atoms. The molecule has 86 valence electrons. The molecule has 0 bridgehead atoms. The third-order valence-corrected chi connectivity index (χ3v) is 4.87. The standard InChI is InChI=1S/C13H22O2/c1-8(2)10-7-12(15)13(3)5-4-9(14)6-11(10)13/h8,10-12,15H,4-7H2,1-3H3/t10-,11+,12+,13-/m0/s1. The van der Waals surface area contributed by atoms with Crippen molar-refractivity contribution in [1.82, 2.24) is 0 Å². The van der Waals surface area contributed by atoms with Crippen molar-refractivity contribution >= 4 is 5.78 Å². The molecule has 2 rings (SSSR count). The van der Waals surface area contributed by atoms with Crippen molar-refractivity contribution in [3.05, 3.63) is 0 Å². The largest absolute Gasteiger partial charge is 0.393 e. The molecule has 2 fully saturated rings. The molecule has 0 aromatic heterocycles. The summed E-state index contributed by atoms with van der Waals surface area (Å²) >= 11 is 0. The number of carbonyl (C=O) groups is 1. The molecular formula is C13H22O2. The summed E-state index contributed by atoms with van der Waals surface area (Å²) in [6.07, 6.45) is 2.97. The lowest BCUT2D eigenvalue weighted by molar-refractivity contribution is -0.126. The van der Waals surface area contributed by atoms with E-state index in [1.54, 1.807) is 0 Å². The summed E-state index contributed by atoms with van der Waals surface area (Å²) in [7, 11) is 0. The first-order chi connectivity index (χ1) is 6.95. The fourth-order valence-corrected chi connectivity index (χ4v) is 3.66. The Morgan fingerprint density at radius 1 is 1.47 bits per heavy atom. The number of rotatable bonds is 1. The zero-order chi connectivity index (χ0) is 11.2. The second-order valence-electron chi connectivity index (χ2n) is 6.01. The fraction of sp³-hybridized carbons (Fsp3) is 0.923. The average Bonchev–Trinajstić information content (AvgIpc) is 2.41. The minimum atomic E-state index is -0.192. The third kappa shape index (κ3) is 1.63. The maximum absolute atomic E-state index is 11.5. The highest BCUT2D eigenvalue weighted by Gasteiger charge is 2.54. The predicted molar refractivity (Wildman–Crippen MR) is 59.4 cm³/mol. The topological polar surface area (TPSA) is 37.3 Å². The zero-order valence-corrected chi connectivity index (χ0v) is 9.99. The maximum Gasteiger partial charge on any atom is 0.133 e. The lowest BCUT2D eigenvalue weighted by atomic mass is 9.65. The van der Waals surface area contributed by atoms with Crippen molar-refractivity contribution in [3.8, 4) is 0 Å². The van der Waals surface area contributed by atoms with Gasteiger partial charge in [0.25, 0.3) is 0 Å². The molecule has 0 spiro atoms. The number of aliphatic hydroxyl groups is 1. The van der Waals surface area contributed by atoms with E-state index in [1.807, 2.05) is 0 Å². The van der Waals surface area contributed by atoms with E-state index in [9.17, 15) is 9.90 Å². The van der Waals surface area contributed by atoms with Crippen LogP contribution in [0.5, 0.6) is 0 Å². The van der Waals surface area contributed by atoms with Gasteiger partial charge in [-0.05, 0) is 36.0 Å². The molecule has 0 amide bonds. The third-order valence-electron chi connectivity index (χ3n) is 4.87. The van der Waals surface area contributed by atoms with E-state index in [4.69, 9.17) is 0 Å². The van der Waals surface area contributed by atoms with Crippen LogP contribution in [0.1, 0.15) is 46.5 Å². The van der Waals surface area contributed by atoms with Gasteiger partial charge in [0.15, 0.2) is 0 Å². The highest BCUT2D eigenvalue weighted by atomic mass is 16.3. The van der Waals surface area contributed by atoms with Crippen LogP contribution in [0.3, 0.4) is 0 Å². The normalized spacial score (nSPS) is 45.9. The first-order valence-corrected chi connectivity index (χ1v) is 6.15. The average molecular weight is 210 g/mol. The first-order valence-electron chi connectivity index (χ1n) is 6.15. The first kappa shape index (κ1) is 11.1. The van der Waals surface area contributed by atoms with Crippen molar-refractivity contribution in [2.75, 3.05) is 0 Å². The van der Waals surface area contributed by atoms with Gasteiger partial charge in [-0.2, -0.15) is 0 Å². The summed E-state index contributed by atoms with van der Waals surface area (Å²) in [5.74, 6) is 1.94. The predicted octanol–water partition coefficient (Wildman–Crippen LogP) is 2.40. The molecule has 2 aliphatic rings. The summed E-state index contributed by atoms with van der Waals surface area (Å²) in [6.45, 7) is 6.60. The van der Waals surface area contributed by atoms with Gasteiger partial charge in [-0.1, -0.05) is 20.8 Å². The van der Waals surface area contributed by atoms with Gasteiger partial charge in [-0.3, -0.25) is 4.79 Å². The van der Waals surface area contributed by atoms with Crippen molar-refractivity contribution in [2.45, 2.75) is 52.6 Å². The molecule has 0 aliphatic heterocycles. The lowest BCUT2D eigenvalue weighted by Crippen LogP contribution is -2.39. The van der Waals surface area contributed by atoms with Crippen molar-refractivity contribution in [3.63, 3.8) is 0 Å². The molecule has 2 saturated carbocycles. The molecule has 0 aromatic carbocycles. The minimum absolute atomic E-state index is 0.0167. The molecule has 0 saturated heterocycles. The van der Waals surface area contributed by atoms with Gasteiger partial charge in [0.1, 0.15) is 5.78 Å². The Hall–Kier alpha value is -0.370. The summed E-state index contributed by atoms with van der Waals surface area (Å²) in [5.41, 5.74) is 0.0167. The Labute approximate surface area is 92.1 Å². The van der Waals surface area contributed by atoms with Crippen LogP contribution in [-0.2, 0) is 4.79 Å². The van der Waals surface area contributed by atoms with Crippen LogP contribution in [0.2, 0.25) is 0 Å². The van der Waals surface area contributed by atoms with Gasteiger partial charge in [0.05, 0.1) is 6.10 Å². The Kier molecular flexibility index (Phi) is 2.66. The van der Waals surface area contributed by atoms with Gasteiger partial charge in [0.2, 0.25) is 0 Å². The summed E-state index contributed by atoms with van der Waals surface area (Å²) < 4.78 is 0. The van der Waals surface area contributed by atoms with Gasteiger partial charge < -0.3 is 5.11 Å². The van der Waals surface area contributed by atoms with Crippen LogP contribution in [0, 0.1) is 23.2 Å². The lowest BCUT2D eigenvalue weighted by Gasteiger charge is -2.40. The van der Waals surface area contributed by atoms with E-state index in [0.717, 1.165) is 12.8 Å². The van der Waals surface area contributed by atoms with Crippen LogP contribution in [0.15, 0.2) is 0 Å². The molecule has 2 heteroatoms. The quantitative estimate of drug-likeness (QED) is 0.721. The van der Waals surface area contributed by atoms with E-state index in [0.29, 0.717) is 36.4 Å². The second-order valence-corrected chi connectivity index (χ2v) is 6.01. The van der Waals surface area contributed by atoms with Crippen LogP contribution in [-0.4, -0.2) is 17.0 Å². The Balaban J connectivity index is 2.25. The molecular weight excluding hydrogens is 188 g/mol. The molecule has 1 N–H and O–H groups in total. The van der Waals surface area contributed by atoms with E-state index in [-0.39, 0.29) is 11.5 Å². The molecule has 4 atom stereocenters. The summed E-state index contributed by atoms with van der Waals surface area (Å²) in [5, 5.41) is 10.2. The highest BCUT2D eigenvalue weighted by Crippen LogP contribution is 2.55. The minimum Gasteiger partial charge on any atom is -0.393 e. The van der Waals surface area contributed by atoms with Gasteiger partial charge in [-0.25, -0.2) is 0 Å². The second kappa shape index (κ2) is 3.58. The SMILES string of the molecule is CC(C)[C@@H]1C[C@@H](O)[C@@]2(C)CCC(=O)C[C@H]12. The number of ketones is 1. The molecule has 0 aromatic rings. The fourth-order valence-electron chi connectivity index (χ4n) is 3.66. The Morgan fingerprint density at radius 2 is 2.13 bits per heavy atom. The van der Waals surface area contributed by atoms with E-state index < -0.39 is 0 Å². The van der Waals surface area contributed by atoms with E-state index >= 15 is 0 Å². The Bertz CT molecular complexity index is 272. The number of fused-ring (bicyclic) bond motifs is 1. The summed E-state index contributed by atoms with van der Waals surface area (Å²) in [4.78, 5) is 11.5. The number of hydrogen-bond donors (Lipinski definition) is 1. The molecule has 0 heterocycles. The van der Waals surface area contributed by atoms with E-state index in [2.05, 4.69) is 20.8 Å². The maximum atomic E-state index is 11.5. The number of Topliss-reactive ketones (excluding diaryl/α,β-unsaturated/α-hetero) is 1. The number of carbonyl (C=O) groups excluding carboxylic acids is 1. The van der Waals surface area contributed by atoms with Crippen LogP contribution in [0.25, 0.3) is 0 Å². The van der Waals surface area contributed by atoms with Crippen molar-refractivity contribution in [2.24, 2.45) is 23.2 Å². The smallest absolute Gasteiger partial charge is 0.133 e. The zero-order valence-electron chi connectivity index (χ0n) is 9.99. The van der Waals surface area contributed by atoms with Crippen molar-refractivity contribution < 1.29 is 9.90 Å². The molecule has 0 radical (unpaired) electrons. The molecule has 2 aliphatic carbocycles. The Morgan fingerprint density at radius 3 is 2.73 bits per heavy atom. The van der Waals surface area contributed by atoms with Gasteiger partial charge in [-0.15, -0.1) is 0 Å². The van der Waals surface area contributed by atoms with Crippen LogP contribution < -0.4 is 0 Å². The van der Waals surface area contributed by atoms with Gasteiger partial charge >= 0.3 is 0 Å². The van der Waals surface area contributed by atoms with Crippen molar-refractivity contribution in [1.29, 1.82) is 0 Å². The van der Waals surface area contributed by atoms with Crippen LogP contribution in [0.4, 0.5) is 0 Å². The van der Waals surface area contributed by atoms with Crippen LogP contribution >= 0.6 is 0 Å². The number of aliphatic hydroxyl groups excluding tert-OH is 1. The van der Waals surface area contributed by atoms with E-state index in [1.165, 1.54) is 0 Å². The number of hydrogen-bond acceptors (Lipinski definition) is 2. The monoisotopic (exact) mass is 210 g/mol. The molecule has 2 nitrogen and oxygen atoms in total.